The van der Waals surface area contributed by atoms with Crippen LogP contribution < -0.4 is 5.32 Å². The normalized spacial score (nSPS) is 21.9. The Kier molecular flexibility index (Phi) is 3.13. The van der Waals surface area contributed by atoms with Gasteiger partial charge in [-0.3, -0.25) is 4.79 Å². The fourth-order valence-electron chi connectivity index (χ4n) is 1.77. The summed E-state index contributed by atoms with van der Waals surface area (Å²) >= 11 is 0. The van der Waals surface area contributed by atoms with Crippen LogP contribution in [0.4, 0.5) is 0 Å². The lowest BCUT2D eigenvalue weighted by Crippen LogP contribution is -2.24. The number of amides is 1. The Morgan fingerprint density at radius 1 is 1.35 bits per heavy atom. The number of rotatable bonds is 4. The van der Waals surface area contributed by atoms with Crippen molar-refractivity contribution in [3.05, 3.63) is 35.4 Å². The summed E-state index contributed by atoms with van der Waals surface area (Å²) in [6, 6.07) is 6.53. The third kappa shape index (κ3) is 2.84. The van der Waals surface area contributed by atoms with Crippen LogP contribution in [0.1, 0.15) is 29.3 Å². The number of nitrogens with one attached hydrogen (secondary N) is 1. The van der Waals surface area contributed by atoms with Crippen LogP contribution in [0.15, 0.2) is 24.3 Å². The minimum Gasteiger partial charge on any atom is -0.478 e. The molecule has 1 fully saturated rings. The molecule has 17 heavy (non-hydrogen) atoms. The van der Waals surface area contributed by atoms with Gasteiger partial charge in [0.15, 0.2) is 0 Å². The summed E-state index contributed by atoms with van der Waals surface area (Å²) in [6.45, 7) is 2.52. The lowest BCUT2D eigenvalue weighted by atomic mass is 10.1. The summed E-state index contributed by atoms with van der Waals surface area (Å²) in [5.74, 6) is -0.162. The Balaban J connectivity index is 1.86. The first-order valence-electron chi connectivity index (χ1n) is 5.68. The average molecular weight is 233 g/mol. The summed E-state index contributed by atoms with van der Waals surface area (Å²) in [4.78, 5) is 22.2. The summed E-state index contributed by atoms with van der Waals surface area (Å²) < 4.78 is 0. The van der Waals surface area contributed by atoms with Gasteiger partial charge in [-0.2, -0.15) is 0 Å². The van der Waals surface area contributed by atoms with E-state index in [9.17, 15) is 9.59 Å². The second kappa shape index (κ2) is 4.57. The van der Waals surface area contributed by atoms with E-state index < -0.39 is 5.97 Å². The Morgan fingerprint density at radius 2 is 1.94 bits per heavy atom. The maximum absolute atomic E-state index is 11.6. The van der Waals surface area contributed by atoms with Gasteiger partial charge in [-0.15, -0.1) is 0 Å². The molecule has 2 rings (SSSR count). The second-order valence-corrected chi connectivity index (χ2v) is 4.54. The highest BCUT2D eigenvalue weighted by molar-refractivity contribution is 5.87. The van der Waals surface area contributed by atoms with Crippen LogP contribution in [0.3, 0.4) is 0 Å². The highest BCUT2D eigenvalue weighted by Gasteiger charge is 2.38. The van der Waals surface area contributed by atoms with Crippen molar-refractivity contribution in [2.24, 2.45) is 11.8 Å². The fraction of sp³-hybridized carbons (Fsp3) is 0.385. The summed E-state index contributed by atoms with van der Waals surface area (Å²) in [5.41, 5.74) is 1.17. The number of benzene rings is 1. The van der Waals surface area contributed by atoms with E-state index in [0.717, 1.165) is 12.0 Å². The molecule has 0 aromatic heterocycles. The monoisotopic (exact) mass is 233 g/mol. The molecular formula is C13H15NO3. The zero-order chi connectivity index (χ0) is 12.4. The number of hydrogen-bond acceptors (Lipinski definition) is 2. The zero-order valence-corrected chi connectivity index (χ0v) is 9.64. The Labute approximate surface area is 99.6 Å². The fourth-order valence-corrected chi connectivity index (χ4v) is 1.77. The SMILES string of the molecule is C[C@H]1C[C@H]1C(=O)NCc1ccc(C(=O)O)cc1. The molecule has 0 aliphatic heterocycles. The van der Waals surface area contributed by atoms with Crippen LogP contribution in [0.5, 0.6) is 0 Å². The van der Waals surface area contributed by atoms with Crippen LogP contribution in [0.25, 0.3) is 0 Å². The summed E-state index contributed by atoms with van der Waals surface area (Å²) in [7, 11) is 0. The molecule has 1 amide bonds. The maximum atomic E-state index is 11.6. The quantitative estimate of drug-likeness (QED) is 0.831. The molecule has 1 aliphatic carbocycles. The Morgan fingerprint density at radius 3 is 2.41 bits per heavy atom. The van der Waals surface area contributed by atoms with Crippen molar-refractivity contribution in [2.45, 2.75) is 19.9 Å². The summed E-state index contributed by atoms with van der Waals surface area (Å²) in [5, 5.41) is 11.6. The highest BCUT2D eigenvalue weighted by atomic mass is 16.4. The number of carboxylic acids is 1. The van der Waals surface area contributed by atoms with Gasteiger partial charge in [0, 0.05) is 12.5 Å². The van der Waals surface area contributed by atoms with E-state index in [4.69, 9.17) is 5.11 Å². The molecule has 4 heteroatoms. The van der Waals surface area contributed by atoms with Crippen LogP contribution >= 0.6 is 0 Å². The number of hydrogen-bond donors (Lipinski definition) is 2. The summed E-state index contributed by atoms with van der Waals surface area (Å²) in [6.07, 6.45) is 0.976. The van der Waals surface area contributed by atoms with E-state index in [0.29, 0.717) is 12.5 Å². The van der Waals surface area contributed by atoms with Crippen molar-refractivity contribution in [3.63, 3.8) is 0 Å². The minimum absolute atomic E-state index is 0.0970. The van der Waals surface area contributed by atoms with E-state index in [1.54, 1.807) is 24.3 Å². The third-order valence-corrected chi connectivity index (χ3v) is 3.11. The van der Waals surface area contributed by atoms with E-state index in [2.05, 4.69) is 12.2 Å². The molecule has 4 nitrogen and oxygen atoms in total. The van der Waals surface area contributed by atoms with Crippen molar-refractivity contribution in [1.29, 1.82) is 0 Å². The number of carboxylic acid groups (broad SMARTS) is 1. The van der Waals surface area contributed by atoms with Crippen molar-refractivity contribution >= 4 is 11.9 Å². The molecule has 0 radical (unpaired) electrons. The second-order valence-electron chi connectivity index (χ2n) is 4.54. The number of carbonyl (C=O) groups excluding carboxylic acids is 1. The van der Waals surface area contributed by atoms with Gasteiger partial charge in [0.05, 0.1) is 5.56 Å². The predicted molar refractivity (Wildman–Crippen MR) is 62.5 cm³/mol. The topological polar surface area (TPSA) is 66.4 Å². The molecule has 0 heterocycles. The van der Waals surface area contributed by atoms with Crippen molar-refractivity contribution in [3.8, 4) is 0 Å². The molecule has 0 bridgehead atoms. The number of carbonyl (C=O) groups is 2. The Hall–Kier alpha value is -1.84. The van der Waals surface area contributed by atoms with Gasteiger partial charge in [0.25, 0.3) is 0 Å². The molecule has 1 saturated carbocycles. The first-order valence-corrected chi connectivity index (χ1v) is 5.68. The molecule has 2 atom stereocenters. The molecule has 0 spiro atoms. The molecular weight excluding hydrogens is 218 g/mol. The van der Waals surface area contributed by atoms with Gasteiger partial charge in [0.1, 0.15) is 0 Å². The van der Waals surface area contributed by atoms with E-state index >= 15 is 0 Å². The highest BCUT2D eigenvalue weighted by Crippen LogP contribution is 2.37. The van der Waals surface area contributed by atoms with Crippen LogP contribution in [0, 0.1) is 11.8 Å². The zero-order valence-electron chi connectivity index (χ0n) is 9.64. The van der Waals surface area contributed by atoms with E-state index in [1.807, 2.05) is 0 Å². The molecule has 1 aromatic rings. The molecule has 90 valence electrons. The van der Waals surface area contributed by atoms with Crippen molar-refractivity contribution < 1.29 is 14.7 Å². The van der Waals surface area contributed by atoms with Gasteiger partial charge >= 0.3 is 5.97 Å². The maximum Gasteiger partial charge on any atom is 0.335 e. The van der Waals surface area contributed by atoms with Gasteiger partial charge in [0.2, 0.25) is 5.91 Å². The lowest BCUT2D eigenvalue weighted by molar-refractivity contribution is -0.122. The van der Waals surface area contributed by atoms with E-state index in [-0.39, 0.29) is 17.4 Å². The smallest absolute Gasteiger partial charge is 0.335 e. The first kappa shape index (κ1) is 11.6. The van der Waals surface area contributed by atoms with Crippen LogP contribution in [-0.4, -0.2) is 17.0 Å². The lowest BCUT2D eigenvalue weighted by Gasteiger charge is -2.04. The molecule has 0 unspecified atom stereocenters. The van der Waals surface area contributed by atoms with Gasteiger partial charge in [-0.25, -0.2) is 4.79 Å². The Bertz CT molecular complexity index is 438. The van der Waals surface area contributed by atoms with Crippen LogP contribution in [-0.2, 0) is 11.3 Å². The van der Waals surface area contributed by atoms with Crippen LogP contribution in [0.2, 0.25) is 0 Å². The largest absolute Gasteiger partial charge is 0.478 e. The number of aromatic carboxylic acids is 1. The third-order valence-electron chi connectivity index (χ3n) is 3.11. The van der Waals surface area contributed by atoms with Crippen molar-refractivity contribution in [1.82, 2.24) is 5.32 Å². The predicted octanol–water partition coefficient (Wildman–Crippen LogP) is 1.66. The van der Waals surface area contributed by atoms with E-state index in [1.165, 1.54) is 0 Å². The van der Waals surface area contributed by atoms with Gasteiger partial charge in [-0.1, -0.05) is 19.1 Å². The van der Waals surface area contributed by atoms with Gasteiger partial charge in [-0.05, 0) is 30.0 Å². The molecule has 2 N–H and O–H groups in total. The molecule has 1 aliphatic rings. The average Bonchev–Trinajstić information content (AvgIpc) is 3.04. The first-order chi connectivity index (χ1) is 8.08. The van der Waals surface area contributed by atoms with Gasteiger partial charge < -0.3 is 10.4 Å². The van der Waals surface area contributed by atoms with Crippen molar-refractivity contribution in [2.75, 3.05) is 0 Å². The standard InChI is InChI=1S/C13H15NO3/c1-8-6-11(8)12(15)14-7-9-2-4-10(5-3-9)13(16)17/h2-5,8,11H,6-7H2,1H3,(H,14,15)(H,16,17)/t8-,11+/m0/s1. The molecule has 1 aromatic carbocycles. The minimum atomic E-state index is -0.938. The molecule has 0 saturated heterocycles.